The van der Waals surface area contributed by atoms with Gasteiger partial charge in [-0.25, -0.2) is 0 Å². The second-order valence-corrected chi connectivity index (χ2v) is 14.0. The van der Waals surface area contributed by atoms with E-state index >= 15 is 0 Å². The summed E-state index contributed by atoms with van der Waals surface area (Å²) in [6.45, 7) is 0. The molecule has 0 radical (unpaired) electrons. The second kappa shape index (κ2) is 11.6. The first-order chi connectivity index (χ1) is 26.3. The van der Waals surface area contributed by atoms with Crippen molar-refractivity contribution in [3.8, 4) is 33.8 Å². The molecular formula is C51H33NO. The molecule has 1 unspecified atom stereocenters. The van der Waals surface area contributed by atoms with Crippen LogP contribution in [-0.2, 0) is 5.41 Å². The Morgan fingerprint density at radius 1 is 0.377 bits per heavy atom. The van der Waals surface area contributed by atoms with E-state index in [1.165, 1.54) is 60.5 Å². The van der Waals surface area contributed by atoms with Crippen LogP contribution < -0.4 is 9.64 Å². The zero-order valence-electron chi connectivity index (χ0n) is 28.9. The third kappa shape index (κ3) is 4.33. The van der Waals surface area contributed by atoms with Gasteiger partial charge in [0.2, 0.25) is 0 Å². The van der Waals surface area contributed by atoms with E-state index in [0.29, 0.717) is 0 Å². The molecule has 1 spiro atoms. The molecule has 1 atom stereocenters. The zero-order valence-corrected chi connectivity index (χ0v) is 28.9. The average Bonchev–Trinajstić information content (AvgIpc) is 3.51. The SMILES string of the molecule is c1ccc(-c2ccc(N(c3ccc4c(c3)C3(c5ccccc5Oc5ccc6ccccc6c53)c3ccccc3-4)c3cccc4ccccc34)cc2)cc1. The van der Waals surface area contributed by atoms with E-state index in [2.05, 4.69) is 205 Å². The van der Waals surface area contributed by atoms with E-state index in [1.807, 2.05) is 0 Å². The molecule has 53 heavy (non-hydrogen) atoms. The molecule has 0 amide bonds. The number of rotatable bonds is 4. The average molecular weight is 676 g/mol. The van der Waals surface area contributed by atoms with E-state index in [9.17, 15) is 0 Å². The van der Waals surface area contributed by atoms with Crippen molar-refractivity contribution in [2.75, 3.05) is 4.90 Å². The maximum Gasteiger partial charge on any atom is 0.132 e. The maximum atomic E-state index is 6.80. The van der Waals surface area contributed by atoms with Crippen LogP contribution in [0.25, 0.3) is 43.8 Å². The van der Waals surface area contributed by atoms with Gasteiger partial charge < -0.3 is 9.64 Å². The number of anilines is 3. The third-order valence-electron chi connectivity index (χ3n) is 11.3. The Hall–Kier alpha value is -6.90. The fourth-order valence-corrected chi connectivity index (χ4v) is 9.07. The summed E-state index contributed by atoms with van der Waals surface area (Å²) in [6, 6.07) is 72.7. The number of fused-ring (bicyclic) bond motifs is 12. The van der Waals surface area contributed by atoms with Crippen molar-refractivity contribution < 1.29 is 4.74 Å². The van der Waals surface area contributed by atoms with Gasteiger partial charge in [-0.3, -0.25) is 0 Å². The standard InChI is InChI=1S/C51H33NO/c1-2-13-34(14-3-1)35-25-28-38(29-26-35)52(47-23-12-17-36-15-4-6-18-40(36)47)39-30-31-43-42-20-8-9-21-44(42)51(46(43)33-39)45-22-10-11-24-48(45)53-49-32-27-37-16-5-7-19-41(37)50(49)51/h1-33H. The number of nitrogens with zero attached hydrogens (tertiary/aromatic N) is 1. The van der Waals surface area contributed by atoms with Crippen LogP contribution in [0.1, 0.15) is 22.3 Å². The van der Waals surface area contributed by atoms with Crippen LogP contribution in [-0.4, -0.2) is 0 Å². The van der Waals surface area contributed by atoms with Gasteiger partial charge in [0.05, 0.1) is 11.1 Å². The van der Waals surface area contributed by atoms with Crippen LogP contribution in [0.4, 0.5) is 17.1 Å². The molecular weight excluding hydrogens is 643 g/mol. The van der Waals surface area contributed by atoms with Gasteiger partial charge in [0.25, 0.3) is 0 Å². The Morgan fingerprint density at radius 3 is 1.85 bits per heavy atom. The summed E-state index contributed by atoms with van der Waals surface area (Å²) in [7, 11) is 0. The van der Waals surface area contributed by atoms with Crippen molar-refractivity contribution in [1.82, 2.24) is 0 Å². The molecule has 2 heteroatoms. The highest BCUT2D eigenvalue weighted by Crippen LogP contribution is 2.64. The molecule has 1 heterocycles. The molecule has 9 aromatic rings. The highest BCUT2D eigenvalue weighted by molar-refractivity contribution is 6.01. The van der Waals surface area contributed by atoms with Crippen LogP contribution in [0.15, 0.2) is 200 Å². The second-order valence-electron chi connectivity index (χ2n) is 14.0. The predicted octanol–water partition coefficient (Wildman–Crippen LogP) is 13.6. The molecule has 248 valence electrons. The van der Waals surface area contributed by atoms with Gasteiger partial charge in [0, 0.05) is 27.9 Å². The summed E-state index contributed by atoms with van der Waals surface area (Å²) in [4.78, 5) is 2.43. The Balaban J connectivity index is 1.22. The Morgan fingerprint density at radius 2 is 1.00 bits per heavy atom. The molecule has 0 N–H and O–H groups in total. The van der Waals surface area contributed by atoms with Crippen molar-refractivity contribution in [3.63, 3.8) is 0 Å². The Bertz CT molecular complexity index is 2870. The minimum atomic E-state index is -0.603. The molecule has 2 aliphatic rings. The lowest BCUT2D eigenvalue weighted by Gasteiger charge is -2.40. The summed E-state index contributed by atoms with van der Waals surface area (Å²) < 4.78 is 6.80. The fourth-order valence-electron chi connectivity index (χ4n) is 9.07. The van der Waals surface area contributed by atoms with Crippen LogP contribution in [0, 0.1) is 0 Å². The largest absolute Gasteiger partial charge is 0.457 e. The smallest absolute Gasteiger partial charge is 0.132 e. The molecule has 1 aliphatic carbocycles. The molecule has 0 saturated carbocycles. The molecule has 0 aromatic heterocycles. The normalized spacial score (nSPS) is 15.0. The molecule has 2 nitrogen and oxygen atoms in total. The molecule has 0 fully saturated rings. The van der Waals surface area contributed by atoms with E-state index < -0.39 is 5.41 Å². The molecule has 0 saturated heterocycles. The lowest BCUT2D eigenvalue weighted by Crippen LogP contribution is -2.32. The van der Waals surface area contributed by atoms with Crippen molar-refractivity contribution in [2.45, 2.75) is 5.41 Å². The summed E-state index contributed by atoms with van der Waals surface area (Å²) in [5.41, 5.74) is 12.5. The highest BCUT2D eigenvalue weighted by Gasteiger charge is 2.52. The molecule has 1 aliphatic heterocycles. The highest BCUT2D eigenvalue weighted by atomic mass is 16.5. The topological polar surface area (TPSA) is 12.5 Å². The van der Waals surface area contributed by atoms with Gasteiger partial charge in [-0.2, -0.15) is 0 Å². The zero-order chi connectivity index (χ0) is 34.9. The van der Waals surface area contributed by atoms with Gasteiger partial charge in [-0.05, 0) is 92.0 Å². The van der Waals surface area contributed by atoms with E-state index in [1.54, 1.807) is 0 Å². The lowest BCUT2D eigenvalue weighted by atomic mass is 9.65. The van der Waals surface area contributed by atoms with Crippen molar-refractivity contribution in [1.29, 1.82) is 0 Å². The van der Waals surface area contributed by atoms with Crippen molar-refractivity contribution in [3.05, 3.63) is 222 Å². The number of para-hydroxylation sites is 1. The summed E-state index contributed by atoms with van der Waals surface area (Å²) in [5.74, 6) is 1.80. The summed E-state index contributed by atoms with van der Waals surface area (Å²) >= 11 is 0. The van der Waals surface area contributed by atoms with Crippen molar-refractivity contribution in [2.24, 2.45) is 0 Å². The number of hydrogen-bond acceptors (Lipinski definition) is 2. The summed E-state index contributed by atoms with van der Waals surface area (Å²) in [5, 5.41) is 4.81. The molecule has 9 aromatic carbocycles. The lowest BCUT2D eigenvalue weighted by molar-refractivity contribution is 0.438. The fraction of sp³-hybridized carbons (Fsp3) is 0.0196. The number of benzene rings is 9. The maximum absolute atomic E-state index is 6.80. The first kappa shape index (κ1) is 29.8. The Kier molecular flexibility index (Phi) is 6.50. The monoisotopic (exact) mass is 675 g/mol. The van der Waals surface area contributed by atoms with Gasteiger partial charge in [-0.1, -0.05) is 158 Å². The van der Waals surface area contributed by atoms with Crippen LogP contribution in [0.2, 0.25) is 0 Å². The van der Waals surface area contributed by atoms with Gasteiger partial charge in [-0.15, -0.1) is 0 Å². The van der Waals surface area contributed by atoms with E-state index in [0.717, 1.165) is 34.1 Å². The quantitative estimate of drug-likeness (QED) is 0.184. The predicted molar refractivity (Wildman–Crippen MR) is 219 cm³/mol. The van der Waals surface area contributed by atoms with Gasteiger partial charge in [0.15, 0.2) is 0 Å². The third-order valence-corrected chi connectivity index (χ3v) is 11.3. The molecule has 11 rings (SSSR count). The van der Waals surface area contributed by atoms with Crippen LogP contribution in [0.3, 0.4) is 0 Å². The minimum Gasteiger partial charge on any atom is -0.457 e. The van der Waals surface area contributed by atoms with Crippen LogP contribution in [0.5, 0.6) is 11.5 Å². The van der Waals surface area contributed by atoms with Gasteiger partial charge >= 0.3 is 0 Å². The van der Waals surface area contributed by atoms with E-state index in [-0.39, 0.29) is 0 Å². The molecule has 0 bridgehead atoms. The van der Waals surface area contributed by atoms with Crippen LogP contribution >= 0.6 is 0 Å². The minimum absolute atomic E-state index is 0.603. The van der Waals surface area contributed by atoms with Crippen molar-refractivity contribution >= 4 is 38.6 Å². The summed E-state index contributed by atoms with van der Waals surface area (Å²) in [6.07, 6.45) is 0. The number of hydrogen-bond donors (Lipinski definition) is 0. The first-order valence-corrected chi connectivity index (χ1v) is 18.3. The Labute approximate surface area is 308 Å². The van der Waals surface area contributed by atoms with Gasteiger partial charge in [0.1, 0.15) is 11.5 Å². The number of ether oxygens (including phenoxy) is 1. The van der Waals surface area contributed by atoms with E-state index in [4.69, 9.17) is 4.74 Å². The first-order valence-electron chi connectivity index (χ1n) is 18.3.